The summed E-state index contributed by atoms with van der Waals surface area (Å²) >= 11 is 0. The van der Waals surface area contributed by atoms with Crippen LogP contribution in [0.3, 0.4) is 0 Å². The lowest BCUT2D eigenvalue weighted by atomic mass is 9.85. The fraction of sp³-hybridized carbons (Fsp3) is 0.647. The van der Waals surface area contributed by atoms with Gasteiger partial charge in [-0.15, -0.1) is 0 Å². The van der Waals surface area contributed by atoms with Crippen molar-refractivity contribution >= 4 is 0 Å². The van der Waals surface area contributed by atoms with Crippen LogP contribution in [0.25, 0.3) is 0 Å². The van der Waals surface area contributed by atoms with E-state index in [2.05, 4.69) is 12.2 Å². The van der Waals surface area contributed by atoms with Crippen molar-refractivity contribution < 1.29 is 9.13 Å². The van der Waals surface area contributed by atoms with Gasteiger partial charge in [-0.2, -0.15) is 0 Å². The van der Waals surface area contributed by atoms with Gasteiger partial charge in [0.25, 0.3) is 0 Å². The average Bonchev–Trinajstić information content (AvgIpc) is 2.44. The molecule has 2 nitrogen and oxygen atoms in total. The first-order chi connectivity index (χ1) is 9.71. The molecule has 0 heterocycles. The summed E-state index contributed by atoms with van der Waals surface area (Å²) in [5.41, 5.74) is 0.949. The molecule has 1 saturated carbocycles. The van der Waals surface area contributed by atoms with Crippen LogP contribution in [0.5, 0.6) is 5.75 Å². The Bertz CT molecular complexity index is 421. The molecule has 20 heavy (non-hydrogen) atoms. The summed E-state index contributed by atoms with van der Waals surface area (Å²) < 4.78 is 19.7. The monoisotopic (exact) mass is 279 g/mol. The normalized spacial score (nSPS) is 22.8. The van der Waals surface area contributed by atoms with Gasteiger partial charge < -0.3 is 10.1 Å². The Balaban J connectivity index is 1.99. The lowest BCUT2D eigenvalue weighted by Crippen LogP contribution is -2.25. The minimum absolute atomic E-state index is 0.210. The zero-order valence-electron chi connectivity index (χ0n) is 12.6. The fourth-order valence-electron chi connectivity index (χ4n) is 2.97. The summed E-state index contributed by atoms with van der Waals surface area (Å²) in [5, 5.41) is 3.22. The van der Waals surface area contributed by atoms with Gasteiger partial charge in [0.2, 0.25) is 0 Å². The Morgan fingerprint density at radius 3 is 2.85 bits per heavy atom. The summed E-state index contributed by atoms with van der Waals surface area (Å²) in [6.45, 7) is 5.85. The molecule has 2 unspecified atom stereocenters. The second-order valence-electron chi connectivity index (χ2n) is 5.76. The van der Waals surface area contributed by atoms with E-state index >= 15 is 0 Å². The quantitative estimate of drug-likeness (QED) is 0.839. The van der Waals surface area contributed by atoms with Crippen molar-refractivity contribution in [3.8, 4) is 5.75 Å². The number of benzene rings is 1. The highest BCUT2D eigenvalue weighted by Gasteiger charge is 2.22. The fourth-order valence-corrected chi connectivity index (χ4v) is 2.97. The Hall–Kier alpha value is -1.09. The van der Waals surface area contributed by atoms with Crippen LogP contribution < -0.4 is 10.1 Å². The lowest BCUT2D eigenvalue weighted by Gasteiger charge is -2.29. The van der Waals surface area contributed by atoms with Crippen LogP contribution in [-0.2, 0) is 6.54 Å². The maximum Gasteiger partial charge on any atom is 0.127 e. The molecule has 2 atom stereocenters. The molecule has 2 rings (SSSR count). The van der Waals surface area contributed by atoms with Crippen LogP contribution in [0.1, 0.15) is 51.5 Å². The molecule has 1 aromatic carbocycles. The van der Waals surface area contributed by atoms with Crippen molar-refractivity contribution in [2.75, 3.05) is 6.54 Å². The largest absolute Gasteiger partial charge is 0.490 e. The average molecular weight is 279 g/mol. The first-order valence-electron chi connectivity index (χ1n) is 7.88. The highest BCUT2D eigenvalue weighted by Crippen LogP contribution is 2.30. The van der Waals surface area contributed by atoms with Crippen LogP contribution >= 0.6 is 0 Å². The highest BCUT2D eigenvalue weighted by atomic mass is 19.1. The van der Waals surface area contributed by atoms with E-state index in [1.54, 1.807) is 6.07 Å². The van der Waals surface area contributed by atoms with Gasteiger partial charge >= 0.3 is 0 Å². The highest BCUT2D eigenvalue weighted by molar-refractivity contribution is 5.29. The molecule has 1 fully saturated rings. The molecular formula is C17H26FNO. The maximum absolute atomic E-state index is 13.6. The molecule has 1 aliphatic rings. The van der Waals surface area contributed by atoms with E-state index in [0.29, 0.717) is 12.3 Å². The zero-order valence-corrected chi connectivity index (χ0v) is 12.6. The molecule has 0 aromatic heterocycles. The number of hydrogen-bond donors (Lipinski definition) is 1. The summed E-state index contributed by atoms with van der Waals surface area (Å²) in [7, 11) is 0. The first kappa shape index (κ1) is 15.3. The molecule has 0 aliphatic heterocycles. The van der Waals surface area contributed by atoms with E-state index in [1.165, 1.54) is 25.3 Å². The maximum atomic E-state index is 13.6. The van der Waals surface area contributed by atoms with Gasteiger partial charge in [-0.25, -0.2) is 4.39 Å². The SMILES string of the molecule is CCNCc1cc(F)cc(OC2CCCC(CC)C2)c1. The molecule has 3 heteroatoms. The number of halogens is 1. The van der Waals surface area contributed by atoms with E-state index in [-0.39, 0.29) is 11.9 Å². The van der Waals surface area contributed by atoms with Crippen LogP contribution in [0, 0.1) is 11.7 Å². The summed E-state index contributed by atoms with van der Waals surface area (Å²) in [6.07, 6.45) is 6.20. The minimum Gasteiger partial charge on any atom is -0.490 e. The standard InChI is InChI=1S/C17H26FNO/c1-3-13-6-5-7-16(9-13)20-17-10-14(12-19-4-2)8-15(18)11-17/h8,10-11,13,16,19H,3-7,9,12H2,1-2H3. The third-order valence-corrected chi connectivity index (χ3v) is 4.13. The molecule has 0 amide bonds. The van der Waals surface area contributed by atoms with E-state index in [9.17, 15) is 4.39 Å². The van der Waals surface area contributed by atoms with E-state index in [1.807, 2.05) is 13.0 Å². The number of ether oxygens (including phenoxy) is 1. The van der Waals surface area contributed by atoms with Gasteiger partial charge in [0, 0.05) is 12.6 Å². The van der Waals surface area contributed by atoms with Crippen molar-refractivity contribution in [1.82, 2.24) is 5.32 Å². The van der Waals surface area contributed by atoms with Gasteiger partial charge in [0.05, 0.1) is 6.10 Å². The van der Waals surface area contributed by atoms with E-state index in [4.69, 9.17) is 4.74 Å². The summed E-state index contributed by atoms with van der Waals surface area (Å²) in [6, 6.07) is 5.04. The third kappa shape index (κ3) is 4.48. The topological polar surface area (TPSA) is 21.3 Å². The Morgan fingerprint density at radius 1 is 1.25 bits per heavy atom. The predicted molar refractivity (Wildman–Crippen MR) is 80.4 cm³/mol. The lowest BCUT2D eigenvalue weighted by molar-refractivity contribution is 0.121. The first-order valence-corrected chi connectivity index (χ1v) is 7.88. The minimum atomic E-state index is -0.210. The Labute approximate surface area is 121 Å². The van der Waals surface area contributed by atoms with Gasteiger partial charge in [-0.05, 0) is 49.4 Å². The van der Waals surface area contributed by atoms with E-state index in [0.717, 1.165) is 30.9 Å². The molecule has 0 bridgehead atoms. The van der Waals surface area contributed by atoms with Crippen LogP contribution in [-0.4, -0.2) is 12.6 Å². The smallest absolute Gasteiger partial charge is 0.127 e. The number of nitrogens with one attached hydrogen (secondary N) is 1. The van der Waals surface area contributed by atoms with Crippen molar-refractivity contribution in [2.24, 2.45) is 5.92 Å². The number of rotatable bonds is 6. The molecule has 0 spiro atoms. The molecule has 1 N–H and O–H groups in total. The summed E-state index contributed by atoms with van der Waals surface area (Å²) in [4.78, 5) is 0. The molecule has 0 saturated heterocycles. The second kappa shape index (κ2) is 7.63. The van der Waals surface area contributed by atoms with Crippen molar-refractivity contribution in [3.05, 3.63) is 29.6 Å². The zero-order chi connectivity index (χ0) is 14.4. The van der Waals surface area contributed by atoms with Gasteiger partial charge in [-0.3, -0.25) is 0 Å². The van der Waals surface area contributed by atoms with Gasteiger partial charge in [0.1, 0.15) is 11.6 Å². The Kier molecular flexibility index (Phi) is 5.84. The molecule has 0 radical (unpaired) electrons. The van der Waals surface area contributed by atoms with E-state index < -0.39 is 0 Å². The second-order valence-corrected chi connectivity index (χ2v) is 5.76. The third-order valence-electron chi connectivity index (χ3n) is 4.13. The van der Waals surface area contributed by atoms with Crippen LogP contribution in [0.2, 0.25) is 0 Å². The van der Waals surface area contributed by atoms with Crippen molar-refractivity contribution in [3.63, 3.8) is 0 Å². The van der Waals surface area contributed by atoms with Crippen molar-refractivity contribution in [2.45, 2.75) is 58.6 Å². The number of hydrogen-bond acceptors (Lipinski definition) is 2. The molecule has 1 aromatic rings. The predicted octanol–water partition coefficient (Wildman–Crippen LogP) is 4.28. The Morgan fingerprint density at radius 2 is 2.10 bits per heavy atom. The van der Waals surface area contributed by atoms with Crippen LogP contribution in [0.4, 0.5) is 4.39 Å². The molecular weight excluding hydrogens is 253 g/mol. The molecule has 1 aliphatic carbocycles. The van der Waals surface area contributed by atoms with Gasteiger partial charge in [-0.1, -0.05) is 26.7 Å². The van der Waals surface area contributed by atoms with Crippen LogP contribution in [0.15, 0.2) is 18.2 Å². The molecule has 112 valence electrons. The van der Waals surface area contributed by atoms with Gasteiger partial charge in [0.15, 0.2) is 0 Å². The summed E-state index contributed by atoms with van der Waals surface area (Å²) in [5.74, 6) is 1.24. The van der Waals surface area contributed by atoms with Crippen molar-refractivity contribution in [1.29, 1.82) is 0 Å².